The van der Waals surface area contributed by atoms with E-state index in [9.17, 15) is 9.18 Å². The van der Waals surface area contributed by atoms with Crippen LogP contribution in [0.15, 0.2) is 36.5 Å². The van der Waals surface area contributed by atoms with E-state index in [1.807, 2.05) is 6.07 Å². The molecule has 1 amide bonds. The number of carbonyl (C=O) groups is 1. The van der Waals surface area contributed by atoms with Crippen molar-refractivity contribution in [3.63, 3.8) is 0 Å². The molecule has 0 saturated carbocycles. The maximum absolute atomic E-state index is 14.4. The number of amides is 1. The van der Waals surface area contributed by atoms with Gasteiger partial charge in [0.2, 0.25) is 0 Å². The lowest BCUT2D eigenvalue weighted by atomic mass is 10.0. The Bertz CT molecular complexity index is 1020. The summed E-state index contributed by atoms with van der Waals surface area (Å²) in [5.41, 5.74) is 5.04. The van der Waals surface area contributed by atoms with Crippen LogP contribution in [0.2, 0.25) is 0 Å². The van der Waals surface area contributed by atoms with E-state index in [4.69, 9.17) is 11.3 Å². The van der Waals surface area contributed by atoms with Crippen molar-refractivity contribution in [3.8, 4) is 12.3 Å². The molecule has 0 radical (unpaired) electrons. The summed E-state index contributed by atoms with van der Waals surface area (Å²) in [6, 6.07) is 8.20. The molecule has 0 bridgehead atoms. The summed E-state index contributed by atoms with van der Waals surface area (Å²) in [6.45, 7) is 2.11. The highest BCUT2D eigenvalue weighted by Crippen LogP contribution is 2.27. The highest BCUT2D eigenvalue weighted by molar-refractivity contribution is 6.07. The lowest BCUT2D eigenvalue weighted by Crippen LogP contribution is -2.24. The van der Waals surface area contributed by atoms with Crippen molar-refractivity contribution < 1.29 is 14.0 Å². The topological polar surface area (TPSA) is 56.1 Å². The second-order valence-corrected chi connectivity index (χ2v) is 5.75. The molecule has 0 saturated heterocycles. The number of nitrogens with one attached hydrogen (secondary N) is 1. The van der Waals surface area contributed by atoms with Gasteiger partial charge in [0.1, 0.15) is 11.5 Å². The predicted molar refractivity (Wildman–Crippen MR) is 96.9 cm³/mol. The number of aryl methyl sites for hydroxylation is 1. The van der Waals surface area contributed by atoms with E-state index < -0.39 is 5.82 Å². The lowest BCUT2D eigenvalue weighted by Gasteiger charge is -2.09. The van der Waals surface area contributed by atoms with E-state index in [0.717, 1.165) is 0 Å². The second kappa shape index (κ2) is 7.38. The molecule has 0 fully saturated rings. The summed E-state index contributed by atoms with van der Waals surface area (Å²) in [4.78, 5) is 22.0. The van der Waals surface area contributed by atoms with E-state index in [-0.39, 0.29) is 12.3 Å². The van der Waals surface area contributed by atoms with Crippen molar-refractivity contribution >= 4 is 16.9 Å². The second-order valence-electron chi connectivity index (χ2n) is 5.75. The maximum Gasteiger partial charge on any atom is 0.277 e. The molecule has 0 aliphatic rings. The molecule has 0 unspecified atom stereocenters. The predicted octanol–water partition coefficient (Wildman–Crippen LogP) is 2.97. The van der Waals surface area contributed by atoms with Gasteiger partial charge in [0.05, 0.1) is 12.2 Å². The zero-order valence-electron chi connectivity index (χ0n) is 14.5. The van der Waals surface area contributed by atoms with Gasteiger partial charge in [-0.25, -0.2) is 14.9 Å². The summed E-state index contributed by atoms with van der Waals surface area (Å²) >= 11 is 0. The molecule has 0 aliphatic carbocycles. The van der Waals surface area contributed by atoms with E-state index in [2.05, 4.69) is 16.4 Å². The number of terminal acetylenes is 1. The zero-order valence-corrected chi connectivity index (χ0v) is 14.5. The van der Waals surface area contributed by atoms with Crippen LogP contribution >= 0.6 is 0 Å². The van der Waals surface area contributed by atoms with E-state index >= 15 is 0 Å². The van der Waals surface area contributed by atoms with Crippen molar-refractivity contribution in [2.75, 3.05) is 6.61 Å². The van der Waals surface area contributed by atoms with Crippen molar-refractivity contribution in [2.45, 2.75) is 13.3 Å². The summed E-state index contributed by atoms with van der Waals surface area (Å²) < 4.78 is 16.2. The Labute approximate surface area is 150 Å². The van der Waals surface area contributed by atoms with Gasteiger partial charge in [-0.3, -0.25) is 9.63 Å². The van der Waals surface area contributed by atoms with Crippen LogP contribution in [0.3, 0.4) is 0 Å². The van der Waals surface area contributed by atoms with Gasteiger partial charge in [-0.1, -0.05) is 12.0 Å². The fourth-order valence-electron chi connectivity index (χ4n) is 2.92. The third-order valence-corrected chi connectivity index (χ3v) is 4.18. The number of carbonyl (C=O) groups excluding carboxylic acids is 1. The Kier molecular flexibility index (Phi) is 5.01. The first-order valence-electron chi connectivity index (χ1n) is 8.16. The minimum Gasteiger partial charge on any atom is -0.332 e. The molecular weight excluding hydrogens is 333 g/mol. The quantitative estimate of drug-likeness (QED) is 0.568. The molecule has 0 spiro atoms. The van der Waals surface area contributed by atoms with Crippen LogP contribution in [0.25, 0.3) is 11.0 Å². The van der Waals surface area contributed by atoms with Crippen molar-refractivity contribution in [1.82, 2.24) is 15.0 Å². The number of benzene rings is 1. The molecule has 132 valence electrons. The molecule has 6 heteroatoms. The maximum atomic E-state index is 14.4. The first-order valence-corrected chi connectivity index (χ1v) is 8.16. The third-order valence-electron chi connectivity index (χ3n) is 4.18. The SMILES string of the molecule is C#Cc1ccc(Cc2c(C(=O)NOCC)c3cccnc3n2C)c(F)c1. The van der Waals surface area contributed by atoms with Gasteiger partial charge in [0.15, 0.2) is 0 Å². The van der Waals surface area contributed by atoms with Crippen LogP contribution in [0.5, 0.6) is 0 Å². The van der Waals surface area contributed by atoms with Gasteiger partial charge in [-0.15, -0.1) is 6.42 Å². The Hall–Kier alpha value is -3.17. The highest BCUT2D eigenvalue weighted by Gasteiger charge is 2.23. The van der Waals surface area contributed by atoms with E-state index in [0.29, 0.717) is 40.0 Å². The average molecular weight is 351 g/mol. The number of hydrogen-bond acceptors (Lipinski definition) is 3. The number of rotatable bonds is 5. The summed E-state index contributed by atoms with van der Waals surface area (Å²) in [7, 11) is 1.80. The van der Waals surface area contributed by atoms with Gasteiger partial charge in [0.25, 0.3) is 5.91 Å². The lowest BCUT2D eigenvalue weighted by molar-refractivity contribution is 0.0365. The Balaban J connectivity index is 2.11. The average Bonchev–Trinajstić information content (AvgIpc) is 2.93. The Morgan fingerprint density at radius 2 is 2.23 bits per heavy atom. The normalized spacial score (nSPS) is 10.7. The molecule has 0 atom stereocenters. The first kappa shape index (κ1) is 17.6. The van der Waals surface area contributed by atoms with Crippen LogP contribution in [0.4, 0.5) is 4.39 Å². The minimum atomic E-state index is -0.408. The minimum absolute atomic E-state index is 0.221. The molecule has 1 aromatic carbocycles. The van der Waals surface area contributed by atoms with Gasteiger partial charge in [0, 0.05) is 36.3 Å². The largest absolute Gasteiger partial charge is 0.332 e. The van der Waals surface area contributed by atoms with Crippen molar-refractivity contribution in [1.29, 1.82) is 0 Å². The molecule has 26 heavy (non-hydrogen) atoms. The number of hydrogen-bond donors (Lipinski definition) is 1. The fourth-order valence-corrected chi connectivity index (χ4v) is 2.92. The van der Waals surface area contributed by atoms with Gasteiger partial charge in [-0.05, 0) is 36.8 Å². The van der Waals surface area contributed by atoms with Crippen molar-refractivity contribution in [2.24, 2.45) is 7.05 Å². The van der Waals surface area contributed by atoms with E-state index in [1.54, 1.807) is 42.9 Å². The number of nitrogens with zero attached hydrogens (tertiary/aromatic N) is 2. The number of aromatic nitrogens is 2. The summed E-state index contributed by atoms with van der Waals surface area (Å²) in [6.07, 6.45) is 7.18. The Morgan fingerprint density at radius 3 is 2.92 bits per heavy atom. The van der Waals surface area contributed by atoms with Crippen LogP contribution in [0.1, 0.15) is 34.1 Å². The standard InChI is InChI=1S/C20H18FN3O2/c1-4-13-8-9-14(16(21)11-13)12-17-18(20(25)23-26-5-2)15-7-6-10-22-19(15)24(17)3/h1,6-11H,5,12H2,2-3H3,(H,23,25). The van der Waals surface area contributed by atoms with Gasteiger partial charge < -0.3 is 4.57 Å². The summed E-state index contributed by atoms with van der Waals surface area (Å²) in [5.74, 6) is 1.61. The smallest absolute Gasteiger partial charge is 0.277 e. The molecule has 2 heterocycles. The summed E-state index contributed by atoms with van der Waals surface area (Å²) in [5, 5.41) is 0.683. The number of fused-ring (bicyclic) bond motifs is 1. The zero-order chi connectivity index (χ0) is 18.7. The van der Waals surface area contributed by atoms with Crippen LogP contribution in [0, 0.1) is 18.2 Å². The third kappa shape index (κ3) is 3.17. The van der Waals surface area contributed by atoms with E-state index in [1.165, 1.54) is 6.07 Å². The van der Waals surface area contributed by atoms with Gasteiger partial charge >= 0.3 is 0 Å². The molecule has 3 rings (SSSR count). The highest BCUT2D eigenvalue weighted by atomic mass is 19.1. The van der Waals surface area contributed by atoms with Crippen molar-refractivity contribution in [3.05, 3.63) is 64.7 Å². The Morgan fingerprint density at radius 1 is 1.42 bits per heavy atom. The van der Waals surface area contributed by atoms with Gasteiger partial charge in [-0.2, -0.15) is 0 Å². The molecule has 3 aromatic rings. The van der Waals surface area contributed by atoms with Crippen LogP contribution < -0.4 is 5.48 Å². The number of pyridine rings is 1. The molecular formula is C20H18FN3O2. The molecule has 0 aliphatic heterocycles. The monoisotopic (exact) mass is 351 g/mol. The van der Waals surface area contributed by atoms with Crippen LogP contribution in [-0.4, -0.2) is 22.1 Å². The van der Waals surface area contributed by atoms with Crippen LogP contribution in [-0.2, 0) is 18.3 Å². The molecule has 5 nitrogen and oxygen atoms in total. The molecule has 1 N–H and O–H groups in total. The number of halogens is 1. The number of hydroxylamine groups is 1. The first-order chi connectivity index (χ1) is 12.6. The fraction of sp³-hybridized carbons (Fsp3) is 0.200. The molecule has 2 aromatic heterocycles.